The van der Waals surface area contributed by atoms with Gasteiger partial charge in [-0.1, -0.05) is 24.6 Å². The van der Waals surface area contributed by atoms with Crippen LogP contribution in [0.3, 0.4) is 0 Å². The van der Waals surface area contributed by atoms with Gasteiger partial charge in [0.2, 0.25) is 17.7 Å². The molecule has 5 rings (SSSR count). The highest BCUT2D eigenvalue weighted by Gasteiger charge is 2.37. The van der Waals surface area contributed by atoms with E-state index in [1.807, 2.05) is 59.2 Å². The Bertz CT molecular complexity index is 1070. The lowest BCUT2D eigenvalue weighted by Gasteiger charge is -2.43. The van der Waals surface area contributed by atoms with Crippen LogP contribution >= 0.6 is 0 Å². The summed E-state index contributed by atoms with van der Waals surface area (Å²) >= 11 is 0. The van der Waals surface area contributed by atoms with Crippen molar-refractivity contribution in [2.24, 2.45) is 5.92 Å². The first kappa shape index (κ1) is 20.7. The predicted molar refractivity (Wildman–Crippen MR) is 126 cm³/mol. The van der Waals surface area contributed by atoms with E-state index in [4.69, 9.17) is 0 Å². The second-order valence-corrected chi connectivity index (χ2v) is 9.21. The molecule has 2 aromatic carbocycles. The fourth-order valence-corrected chi connectivity index (χ4v) is 5.12. The smallest absolute Gasteiger partial charge is 0.230 e. The van der Waals surface area contributed by atoms with E-state index in [-0.39, 0.29) is 29.7 Å². The molecule has 6 nitrogen and oxygen atoms in total. The summed E-state index contributed by atoms with van der Waals surface area (Å²) in [7, 11) is 0. The molecule has 1 saturated heterocycles. The van der Waals surface area contributed by atoms with Crippen LogP contribution in [0.2, 0.25) is 0 Å². The first-order valence-electron chi connectivity index (χ1n) is 11.6. The highest BCUT2D eigenvalue weighted by atomic mass is 16.2. The number of hydrogen-bond acceptors (Lipinski definition) is 3. The largest absolute Gasteiger partial charge is 0.312 e. The molecule has 166 valence electrons. The Balaban J connectivity index is 1.51. The number of anilines is 3. The zero-order valence-corrected chi connectivity index (χ0v) is 18.7. The average Bonchev–Trinajstić information content (AvgIpc) is 3.17. The van der Waals surface area contributed by atoms with Crippen molar-refractivity contribution in [3.05, 3.63) is 42.5 Å². The molecule has 1 atom stereocenters. The van der Waals surface area contributed by atoms with Gasteiger partial charge in [-0.2, -0.15) is 0 Å². The summed E-state index contributed by atoms with van der Waals surface area (Å²) in [6.07, 6.45) is 4.53. The van der Waals surface area contributed by atoms with E-state index in [0.717, 1.165) is 60.4 Å². The lowest BCUT2D eigenvalue weighted by atomic mass is 9.84. The number of carbonyl (C=O) groups excluding carboxylic acids is 3. The van der Waals surface area contributed by atoms with Crippen molar-refractivity contribution in [2.75, 3.05) is 27.8 Å². The molecule has 2 aliphatic heterocycles. The molecular formula is C26H29N3O3. The zero-order valence-electron chi connectivity index (χ0n) is 18.7. The van der Waals surface area contributed by atoms with Gasteiger partial charge in [0.05, 0.1) is 17.4 Å². The van der Waals surface area contributed by atoms with Gasteiger partial charge in [0.25, 0.3) is 0 Å². The topological polar surface area (TPSA) is 60.9 Å². The molecule has 32 heavy (non-hydrogen) atoms. The third-order valence-corrected chi connectivity index (χ3v) is 7.06. The maximum atomic E-state index is 13.2. The highest BCUT2D eigenvalue weighted by Crippen LogP contribution is 2.41. The molecule has 0 radical (unpaired) electrons. The highest BCUT2D eigenvalue weighted by molar-refractivity contribution is 6.05. The van der Waals surface area contributed by atoms with Gasteiger partial charge in [0.1, 0.15) is 0 Å². The van der Waals surface area contributed by atoms with E-state index < -0.39 is 0 Å². The number of hydrogen-bond donors (Lipinski definition) is 0. The number of benzene rings is 2. The van der Waals surface area contributed by atoms with Crippen LogP contribution in [0.15, 0.2) is 42.5 Å². The molecule has 2 heterocycles. The molecule has 2 fully saturated rings. The lowest BCUT2D eigenvalue weighted by molar-refractivity contribution is -0.125. The van der Waals surface area contributed by atoms with Gasteiger partial charge in [-0.05, 0) is 61.6 Å². The Kier molecular flexibility index (Phi) is 5.24. The molecule has 1 unspecified atom stereocenters. The van der Waals surface area contributed by atoms with Crippen molar-refractivity contribution in [1.29, 1.82) is 0 Å². The first-order valence-corrected chi connectivity index (χ1v) is 11.6. The maximum absolute atomic E-state index is 13.2. The van der Waals surface area contributed by atoms with E-state index in [9.17, 15) is 14.4 Å². The van der Waals surface area contributed by atoms with Gasteiger partial charge in [-0.15, -0.1) is 0 Å². The minimum Gasteiger partial charge on any atom is -0.312 e. The molecular weight excluding hydrogens is 402 g/mol. The zero-order chi connectivity index (χ0) is 22.4. The number of amides is 3. The van der Waals surface area contributed by atoms with Crippen LogP contribution in [0.1, 0.15) is 46.0 Å². The molecule has 1 saturated carbocycles. The Labute approximate surface area is 188 Å². The van der Waals surface area contributed by atoms with Crippen molar-refractivity contribution >= 4 is 34.8 Å². The van der Waals surface area contributed by atoms with Gasteiger partial charge in [0, 0.05) is 38.0 Å². The lowest BCUT2D eigenvalue weighted by Crippen LogP contribution is -2.53. The summed E-state index contributed by atoms with van der Waals surface area (Å²) in [6.45, 7) is 4.86. The van der Waals surface area contributed by atoms with E-state index in [0.29, 0.717) is 13.0 Å². The number of carbonyl (C=O) groups is 3. The van der Waals surface area contributed by atoms with Crippen LogP contribution < -0.4 is 14.7 Å². The summed E-state index contributed by atoms with van der Waals surface area (Å²) in [6, 6.07) is 14.0. The fourth-order valence-electron chi connectivity index (χ4n) is 5.12. The van der Waals surface area contributed by atoms with E-state index in [1.165, 1.54) is 0 Å². The summed E-state index contributed by atoms with van der Waals surface area (Å²) in [5, 5.41) is 0. The van der Waals surface area contributed by atoms with Crippen molar-refractivity contribution in [3.8, 4) is 11.1 Å². The summed E-state index contributed by atoms with van der Waals surface area (Å²) < 4.78 is 0. The quantitative estimate of drug-likeness (QED) is 0.725. The second kappa shape index (κ2) is 8.08. The van der Waals surface area contributed by atoms with Crippen LogP contribution in [0.4, 0.5) is 17.1 Å². The van der Waals surface area contributed by atoms with E-state index in [2.05, 4.69) is 0 Å². The Morgan fingerprint density at radius 2 is 1.66 bits per heavy atom. The number of rotatable bonds is 3. The van der Waals surface area contributed by atoms with Gasteiger partial charge in [-0.3, -0.25) is 14.4 Å². The van der Waals surface area contributed by atoms with Crippen LogP contribution in [0.5, 0.6) is 0 Å². The average molecular weight is 432 g/mol. The van der Waals surface area contributed by atoms with E-state index >= 15 is 0 Å². The Morgan fingerprint density at radius 3 is 2.25 bits per heavy atom. The number of fused-ring (bicyclic) bond motifs is 1. The minimum absolute atomic E-state index is 0.0122. The molecule has 3 amide bonds. The maximum Gasteiger partial charge on any atom is 0.230 e. The predicted octanol–water partition coefficient (Wildman–Crippen LogP) is 4.37. The molecule has 0 spiro atoms. The molecule has 2 aromatic rings. The molecule has 6 heteroatoms. The number of nitrogens with zero attached hydrogens (tertiary/aromatic N) is 3. The van der Waals surface area contributed by atoms with Gasteiger partial charge in [0.15, 0.2) is 0 Å². The van der Waals surface area contributed by atoms with Crippen molar-refractivity contribution < 1.29 is 14.4 Å². The Morgan fingerprint density at radius 1 is 0.938 bits per heavy atom. The van der Waals surface area contributed by atoms with Crippen molar-refractivity contribution in [2.45, 2.75) is 52.0 Å². The van der Waals surface area contributed by atoms with Gasteiger partial charge < -0.3 is 14.7 Å². The van der Waals surface area contributed by atoms with Crippen LogP contribution in [-0.4, -0.2) is 36.9 Å². The summed E-state index contributed by atoms with van der Waals surface area (Å²) in [4.78, 5) is 43.2. The first-order chi connectivity index (χ1) is 15.4. The summed E-state index contributed by atoms with van der Waals surface area (Å²) in [5.74, 6) is 0.435. The fraction of sp³-hybridized carbons (Fsp3) is 0.423. The second-order valence-electron chi connectivity index (χ2n) is 9.21. The Hall–Kier alpha value is -3.15. The third-order valence-electron chi connectivity index (χ3n) is 7.06. The van der Waals surface area contributed by atoms with Gasteiger partial charge >= 0.3 is 0 Å². The van der Waals surface area contributed by atoms with Crippen LogP contribution in [0.25, 0.3) is 11.1 Å². The SMILES string of the molecule is CC(=O)N1c2ccc(-c3ccc(N4CCCC4=O)cc3)cc2N(C(=O)C2CCC2)CC1C. The van der Waals surface area contributed by atoms with Crippen LogP contribution in [0, 0.1) is 5.92 Å². The van der Waals surface area contributed by atoms with Crippen molar-refractivity contribution in [3.63, 3.8) is 0 Å². The molecule has 0 bridgehead atoms. The summed E-state index contributed by atoms with van der Waals surface area (Å²) in [5.41, 5.74) is 4.55. The molecule has 0 aromatic heterocycles. The van der Waals surface area contributed by atoms with Crippen molar-refractivity contribution in [1.82, 2.24) is 0 Å². The normalized spacial score (nSPS) is 20.9. The molecule has 1 aliphatic carbocycles. The molecule has 0 N–H and O–H groups in total. The standard InChI is InChI=1S/C26H29N3O3/c1-17-16-28(26(32)20-5-3-6-20)24-15-21(10-13-23(24)29(17)18(2)30)19-8-11-22(12-9-19)27-14-4-7-25(27)31/h8-13,15,17,20H,3-7,14,16H2,1-2H3. The van der Waals surface area contributed by atoms with E-state index in [1.54, 1.807) is 11.8 Å². The molecule has 3 aliphatic rings. The van der Waals surface area contributed by atoms with Crippen LogP contribution in [-0.2, 0) is 14.4 Å². The third kappa shape index (κ3) is 3.48. The monoisotopic (exact) mass is 431 g/mol. The minimum atomic E-state index is -0.0628. The van der Waals surface area contributed by atoms with Gasteiger partial charge in [-0.25, -0.2) is 0 Å².